The van der Waals surface area contributed by atoms with Crippen molar-refractivity contribution in [1.82, 2.24) is 19.7 Å². The van der Waals surface area contributed by atoms with Gasteiger partial charge in [-0.05, 0) is 35.9 Å². The Bertz CT molecular complexity index is 2120. The topological polar surface area (TPSA) is 88.8 Å². The lowest BCUT2D eigenvalue weighted by Gasteiger charge is -2.15. The van der Waals surface area contributed by atoms with Crippen LogP contribution in [0, 0.1) is 11.3 Å². The molecular formula is C35H25N5O2. The van der Waals surface area contributed by atoms with Gasteiger partial charge in [0.1, 0.15) is 11.8 Å². The van der Waals surface area contributed by atoms with Crippen molar-refractivity contribution in [3.05, 3.63) is 115 Å². The van der Waals surface area contributed by atoms with E-state index < -0.39 is 0 Å². The summed E-state index contributed by atoms with van der Waals surface area (Å²) < 4.78 is 13.1. The van der Waals surface area contributed by atoms with Gasteiger partial charge in [-0.25, -0.2) is 9.67 Å². The Labute approximate surface area is 242 Å². The number of nitriles is 1. The summed E-state index contributed by atoms with van der Waals surface area (Å²) in [5.74, 6) is 1.17. The molecule has 0 unspecified atom stereocenters. The quantitative estimate of drug-likeness (QED) is 0.230. The second kappa shape index (κ2) is 10.3. The number of pyridine rings is 1. The number of rotatable bonds is 6. The lowest BCUT2D eigenvalue weighted by Crippen LogP contribution is -2.01. The molecule has 0 spiro atoms. The molecule has 1 N–H and O–H groups in total. The Hall–Kier alpha value is -5.87. The highest BCUT2D eigenvalue weighted by Gasteiger charge is 2.27. The molecule has 3 heterocycles. The summed E-state index contributed by atoms with van der Waals surface area (Å²) in [6, 6.07) is 36.2. The highest BCUT2D eigenvalue weighted by molar-refractivity contribution is 6.09. The van der Waals surface area contributed by atoms with E-state index in [0.29, 0.717) is 28.4 Å². The van der Waals surface area contributed by atoms with Crippen molar-refractivity contribution in [3.63, 3.8) is 0 Å². The molecule has 0 aliphatic carbocycles. The van der Waals surface area contributed by atoms with Gasteiger partial charge in [-0.1, -0.05) is 72.8 Å². The summed E-state index contributed by atoms with van der Waals surface area (Å²) in [5, 5.41) is 17.7. The van der Waals surface area contributed by atoms with Crippen molar-refractivity contribution in [2.24, 2.45) is 0 Å². The maximum Gasteiger partial charge on any atom is 0.164 e. The first-order valence-electron chi connectivity index (χ1n) is 13.5. The van der Waals surface area contributed by atoms with E-state index in [-0.39, 0.29) is 0 Å². The largest absolute Gasteiger partial charge is 0.493 e. The number of methoxy groups -OCH3 is 2. The molecule has 0 saturated heterocycles. The van der Waals surface area contributed by atoms with Crippen molar-refractivity contribution < 1.29 is 9.47 Å². The predicted octanol–water partition coefficient (Wildman–Crippen LogP) is 7.79. The van der Waals surface area contributed by atoms with E-state index >= 15 is 0 Å². The number of fused-ring (bicyclic) bond motifs is 2. The minimum Gasteiger partial charge on any atom is -0.493 e. The lowest BCUT2D eigenvalue weighted by molar-refractivity contribution is 0.355. The number of H-pyrrole nitrogens is 1. The lowest BCUT2D eigenvalue weighted by atomic mass is 9.91. The Morgan fingerprint density at radius 3 is 2.21 bits per heavy atom. The van der Waals surface area contributed by atoms with Crippen LogP contribution in [0.5, 0.6) is 11.5 Å². The first kappa shape index (κ1) is 25.1. The molecule has 7 rings (SSSR count). The van der Waals surface area contributed by atoms with Crippen LogP contribution >= 0.6 is 0 Å². The van der Waals surface area contributed by atoms with Crippen molar-refractivity contribution in [3.8, 4) is 56.9 Å². The third-order valence-electron chi connectivity index (χ3n) is 7.49. The smallest absolute Gasteiger partial charge is 0.164 e. The van der Waals surface area contributed by atoms with E-state index in [2.05, 4.69) is 11.1 Å². The molecule has 7 heteroatoms. The number of ether oxygens (including phenoxy) is 2. The zero-order chi connectivity index (χ0) is 28.6. The number of nitrogens with zero attached hydrogens (tertiary/aromatic N) is 4. The maximum absolute atomic E-state index is 10.8. The highest BCUT2D eigenvalue weighted by Crippen LogP contribution is 2.44. The molecule has 4 aromatic carbocycles. The molecule has 0 atom stereocenters. The fourth-order valence-corrected chi connectivity index (χ4v) is 5.55. The van der Waals surface area contributed by atoms with Crippen LogP contribution in [0.3, 0.4) is 0 Å². The minimum atomic E-state index is 0.448. The normalized spacial score (nSPS) is 11.1. The molecule has 202 valence electrons. The fourth-order valence-electron chi connectivity index (χ4n) is 5.55. The van der Waals surface area contributed by atoms with E-state index in [4.69, 9.17) is 19.6 Å². The minimum absolute atomic E-state index is 0.448. The van der Waals surface area contributed by atoms with Gasteiger partial charge in [0.05, 0.1) is 36.6 Å². The van der Waals surface area contributed by atoms with Crippen LogP contribution in [0.25, 0.3) is 61.3 Å². The summed E-state index contributed by atoms with van der Waals surface area (Å²) in [6.07, 6.45) is 1.92. The molecule has 0 saturated carbocycles. The Morgan fingerprint density at radius 1 is 0.762 bits per heavy atom. The van der Waals surface area contributed by atoms with Gasteiger partial charge < -0.3 is 14.5 Å². The molecule has 0 aliphatic rings. The van der Waals surface area contributed by atoms with Gasteiger partial charge in [0.2, 0.25) is 0 Å². The number of nitrogens with one attached hydrogen (secondary N) is 1. The average molecular weight is 548 g/mol. The predicted molar refractivity (Wildman–Crippen MR) is 165 cm³/mol. The highest BCUT2D eigenvalue weighted by atomic mass is 16.5. The second-order valence-corrected chi connectivity index (χ2v) is 9.80. The van der Waals surface area contributed by atoms with Crippen molar-refractivity contribution in [1.29, 1.82) is 5.26 Å². The van der Waals surface area contributed by atoms with Gasteiger partial charge in [-0.3, -0.25) is 0 Å². The summed E-state index contributed by atoms with van der Waals surface area (Å²) in [4.78, 5) is 8.57. The number of aromatic nitrogens is 4. The number of aromatic amines is 1. The SMILES string of the molecule is COc1ccc(-c2c(C#N)c(-c3c[nH]c4ccccc34)nc3c2c(-c2ccccc2)nn3-c2ccccc2)cc1OC. The summed E-state index contributed by atoms with van der Waals surface area (Å²) in [7, 11) is 3.21. The first-order chi connectivity index (χ1) is 20.7. The molecule has 0 amide bonds. The van der Waals surface area contributed by atoms with Crippen LogP contribution < -0.4 is 9.47 Å². The zero-order valence-electron chi connectivity index (χ0n) is 23.0. The molecule has 42 heavy (non-hydrogen) atoms. The van der Waals surface area contributed by atoms with E-state index in [9.17, 15) is 5.26 Å². The molecule has 7 aromatic rings. The third kappa shape index (κ3) is 3.97. The molecule has 3 aromatic heterocycles. The van der Waals surface area contributed by atoms with E-state index in [1.54, 1.807) is 14.2 Å². The molecule has 0 radical (unpaired) electrons. The molecule has 7 nitrogen and oxygen atoms in total. The molecule has 0 bridgehead atoms. The number of hydrogen-bond donors (Lipinski definition) is 1. The average Bonchev–Trinajstić information content (AvgIpc) is 3.66. The summed E-state index contributed by atoms with van der Waals surface area (Å²) in [6.45, 7) is 0. The van der Waals surface area contributed by atoms with Crippen LogP contribution in [-0.2, 0) is 0 Å². The van der Waals surface area contributed by atoms with E-state index in [0.717, 1.165) is 49.9 Å². The van der Waals surface area contributed by atoms with Gasteiger partial charge in [0, 0.05) is 33.8 Å². The van der Waals surface area contributed by atoms with Crippen molar-refractivity contribution in [2.75, 3.05) is 14.2 Å². The van der Waals surface area contributed by atoms with Gasteiger partial charge >= 0.3 is 0 Å². The van der Waals surface area contributed by atoms with Crippen molar-refractivity contribution >= 4 is 21.9 Å². The van der Waals surface area contributed by atoms with Gasteiger partial charge in [0.25, 0.3) is 0 Å². The summed E-state index contributed by atoms with van der Waals surface area (Å²) >= 11 is 0. The van der Waals surface area contributed by atoms with Crippen molar-refractivity contribution in [2.45, 2.75) is 0 Å². The number of hydrogen-bond acceptors (Lipinski definition) is 5. The van der Waals surface area contributed by atoms with E-state index in [1.807, 2.05) is 114 Å². The third-order valence-corrected chi connectivity index (χ3v) is 7.49. The van der Waals surface area contributed by atoms with Crippen LogP contribution in [0.15, 0.2) is 109 Å². The number of benzene rings is 4. The second-order valence-electron chi connectivity index (χ2n) is 9.80. The first-order valence-corrected chi connectivity index (χ1v) is 13.5. The monoisotopic (exact) mass is 547 g/mol. The molecule has 0 aliphatic heterocycles. The summed E-state index contributed by atoms with van der Waals surface area (Å²) in [5.41, 5.74) is 7.51. The maximum atomic E-state index is 10.8. The fraction of sp³-hybridized carbons (Fsp3) is 0.0571. The Morgan fingerprint density at radius 2 is 1.48 bits per heavy atom. The van der Waals surface area contributed by atoms with Crippen LogP contribution in [-0.4, -0.2) is 34.0 Å². The Balaban J connectivity index is 1.68. The molecule has 0 fully saturated rings. The van der Waals surface area contributed by atoms with E-state index in [1.165, 1.54) is 0 Å². The van der Waals surface area contributed by atoms with Crippen LogP contribution in [0.4, 0.5) is 0 Å². The van der Waals surface area contributed by atoms with Gasteiger partial charge in [-0.15, -0.1) is 0 Å². The van der Waals surface area contributed by atoms with Gasteiger partial charge in [-0.2, -0.15) is 10.4 Å². The van der Waals surface area contributed by atoms with Crippen LogP contribution in [0.1, 0.15) is 5.56 Å². The molecular weight excluding hydrogens is 522 g/mol. The van der Waals surface area contributed by atoms with Crippen LogP contribution in [0.2, 0.25) is 0 Å². The zero-order valence-corrected chi connectivity index (χ0v) is 23.0. The Kier molecular flexibility index (Phi) is 6.14. The number of para-hydroxylation sites is 2. The van der Waals surface area contributed by atoms with Gasteiger partial charge in [0.15, 0.2) is 17.1 Å². The standard InChI is InChI=1S/C35H25N5O2/c1-41-29-18-17-23(19-30(29)42-2)31-26(20-36)34(27-21-37-28-16-10-9-15-25(27)28)38-35-32(31)33(22-11-5-3-6-12-22)39-40(35)24-13-7-4-8-14-24/h3-19,21,37H,1-2H3.